The van der Waals surface area contributed by atoms with Gasteiger partial charge in [-0.25, -0.2) is 4.39 Å². The summed E-state index contributed by atoms with van der Waals surface area (Å²) in [6.45, 7) is -0.400. The van der Waals surface area contributed by atoms with Gasteiger partial charge in [-0.2, -0.15) is 13.2 Å². The first-order valence-corrected chi connectivity index (χ1v) is 7.76. The topological polar surface area (TPSA) is 50.7 Å². The number of hydrogen-bond donors (Lipinski definition) is 1. The van der Waals surface area contributed by atoms with E-state index in [4.69, 9.17) is 4.84 Å². The smallest absolute Gasteiger partial charge is 0.387 e. The zero-order valence-electron chi connectivity index (χ0n) is 13.4. The van der Waals surface area contributed by atoms with Gasteiger partial charge in [-0.3, -0.25) is 4.79 Å². The fourth-order valence-corrected chi connectivity index (χ4v) is 2.60. The van der Waals surface area contributed by atoms with Crippen LogP contribution in [0.15, 0.2) is 53.7 Å². The van der Waals surface area contributed by atoms with E-state index >= 15 is 0 Å². The number of hydrogen-bond acceptors (Lipinski definition) is 3. The summed E-state index contributed by atoms with van der Waals surface area (Å²) >= 11 is 0. The van der Waals surface area contributed by atoms with E-state index in [9.17, 15) is 22.4 Å². The van der Waals surface area contributed by atoms with E-state index in [-0.39, 0.29) is 17.7 Å². The number of benzene rings is 2. The first-order chi connectivity index (χ1) is 12.3. The first kappa shape index (κ1) is 17.9. The van der Waals surface area contributed by atoms with E-state index in [2.05, 4.69) is 10.5 Å². The third-order valence-electron chi connectivity index (χ3n) is 3.92. The summed E-state index contributed by atoms with van der Waals surface area (Å²) in [5.74, 6) is -1.62. The van der Waals surface area contributed by atoms with Crippen LogP contribution in [0, 0.1) is 5.82 Å². The maximum absolute atomic E-state index is 13.1. The van der Waals surface area contributed by atoms with Crippen molar-refractivity contribution in [3.8, 4) is 0 Å². The van der Waals surface area contributed by atoms with Gasteiger partial charge in [0.25, 0.3) is 5.91 Å². The highest BCUT2D eigenvalue weighted by molar-refractivity contribution is 6.39. The van der Waals surface area contributed by atoms with Gasteiger partial charge in [0.2, 0.25) is 0 Å². The van der Waals surface area contributed by atoms with Gasteiger partial charge in [-0.1, -0.05) is 41.6 Å². The molecule has 1 amide bonds. The summed E-state index contributed by atoms with van der Waals surface area (Å²) in [4.78, 5) is 17.4. The molecule has 136 valence electrons. The highest BCUT2D eigenvalue weighted by Gasteiger charge is 2.34. The molecule has 0 aliphatic carbocycles. The van der Waals surface area contributed by atoms with Gasteiger partial charge in [-0.15, -0.1) is 0 Å². The van der Waals surface area contributed by atoms with Crippen LogP contribution in [-0.4, -0.2) is 11.6 Å². The van der Waals surface area contributed by atoms with Crippen molar-refractivity contribution in [3.63, 3.8) is 0 Å². The van der Waals surface area contributed by atoms with Crippen molar-refractivity contribution in [1.82, 2.24) is 5.32 Å². The molecular weight excluding hydrogens is 352 g/mol. The lowest BCUT2D eigenvalue weighted by Crippen LogP contribution is -2.30. The average Bonchev–Trinajstić information content (AvgIpc) is 3.10. The molecule has 0 saturated heterocycles. The number of rotatable bonds is 4. The molecule has 2 aromatic carbocycles. The van der Waals surface area contributed by atoms with Crippen molar-refractivity contribution in [3.05, 3.63) is 71.0 Å². The maximum Gasteiger partial charge on any atom is 0.416 e. The molecular formula is C18H14F4N2O2. The largest absolute Gasteiger partial charge is 0.416 e. The number of halogens is 4. The predicted molar refractivity (Wildman–Crippen MR) is 85.6 cm³/mol. The first-order valence-electron chi connectivity index (χ1n) is 7.76. The van der Waals surface area contributed by atoms with Gasteiger partial charge in [0, 0.05) is 13.0 Å². The molecule has 1 atom stereocenters. The Balaban J connectivity index is 1.64. The molecule has 1 heterocycles. The summed E-state index contributed by atoms with van der Waals surface area (Å²) in [5.41, 5.74) is -0.414. The Bertz CT molecular complexity index is 835. The number of carbonyl (C=O) groups excluding carboxylic acids is 1. The van der Waals surface area contributed by atoms with E-state index in [0.29, 0.717) is 6.07 Å². The van der Waals surface area contributed by atoms with Crippen LogP contribution in [-0.2, 0) is 22.4 Å². The van der Waals surface area contributed by atoms with Gasteiger partial charge >= 0.3 is 6.18 Å². The summed E-state index contributed by atoms with van der Waals surface area (Å²) < 4.78 is 52.0. The molecule has 0 saturated carbocycles. The quantitative estimate of drug-likeness (QED) is 0.833. The van der Waals surface area contributed by atoms with Crippen molar-refractivity contribution in [2.75, 3.05) is 0 Å². The molecule has 1 N–H and O–H groups in total. The van der Waals surface area contributed by atoms with Crippen molar-refractivity contribution in [2.24, 2.45) is 5.16 Å². The highest BCUT2D eigenvalue weighted by atomic mass is 19.4. The standard InChI is InChI=1S/C18H14F4N2O2/c19-13-7-6-12(14(8-13)18(20,21)22)10-23-17(25)15-9-16(26-24-15)11-4-2-1-3-5-11/h1-8,16H,9-10H2,(H,23,25)/t16-/m0/s1. The lowest BCUT2D eigenvalue weighted by Gasteiger charge is -2.13. The zero-order valence-corrected chi connectivity index (χ0v) is 13.4. The number of carbonyl (C=O) groups is 1. The fraction of sp³-hybridized carbons (Fsp3) is 0.222. The van der Waals surface area contributed by atoms with E-state index in [1.807, 2.05) is 30.3 Å². The molecule has 8 heteroatoms. The second-order valence-corrected chi connectivity index (χ2v) is 5.73. The van der Waals surface area contributed by atoms with Crippen LogP contribution < -0.4 is 5.32 Å². The number of alkyl halides is 3. The molecule has 26 heavy (non-hydrogen) atoms. The Morgan fingerprint density at radius 1 is 1.19 bits per heavy atom. The number of amides is 1. The maximum atomic E-state index is 13.1. The Labute approximate surface area is 146 Å². The Hall–Kier alpha value is -2.90. The fourth-order valence-electron chi connectivity index (χ4n) is 2.60. The molecule has 3 rings (SSSR count). The monoisotopic (exact) mass is 366 g/mol. The number of oxime groups is 1. The minimum Gasteiger partial charge on any atom is -0.387 e. The molecule has 0 spiro atoms. The van der Waals surface area contributed by atoms with Crippen molar-refractivity contribution in [1.29, 1.82) is 0 Å². The average molecular weight is 366 g/mol. The van der Waals surface area contributed by atoms with Crippen LogP contribution in [0.1, 0.15) is 29.2 Å². The van der Waals surface area contributed by atoms with Crippen molar-refractivity contribution in [2.45, 2.75) is 25.2 Å². The SMILES string of the molecule is O=C(NCc1ccc(F)cc1C(F)(F)F)C1=NO[C@H](c2ccccc2)C1. The van der Waals surface area contributed by atoms with Crippen LogP contribution in [0.2, 0.25) is 0 Å². The van der Waals surface area contributed by atoms with Crippen molar-refractivity contribution < 1.29 is 27.2 Å². The second-order valence-electron chi connectivity index (χ2n) is 5.73. The van der Waals surface area contributed by atoms with E-state index in [1.165, 1.54) is 0 Å². The molecule has 1 aliphatic heterocycles. The molecule has 0 aromatic heterocycles. The second kappa shape index (κ2) is 7.15. The van der Waals surface area contributed by atoms with Crippen LogP contribution in [0.25, 0.3) is 0 Å². The Morgan fingerprint density at radius 3 is 2.62 bits per heavy atom. The summed E-state index contributed by atoms with van der Waals surface area (Å²) in [5, 5.41) is 6.09. The van der Waals surface area contributed by atoms with E-state index < -0.39 is 36.1 Å². The third-order valence-corrected chi connectivity index (χ3v) is 3.92. The van der Waals surface area contributed by atoms with Gasteiger partial charge in [-0.05, 0) is 23.3 Å². The van der Waals surface area contributed by atoms with Crippen LogP contribution in [0.4, 0.5) is 17.6 Å². The summed E-state index contributed by atoms with van der Waals surface area (Å²) in [7, 11) is 0. The van der Waals surface area contributed by atoms with Crippen LogP contribution in [0.3, 0.4) is 0 Å². The van der Waals surface area contributed by atoms with Gasteiger partial charge in [0.1, 0.15) is 11.5 Å². The van der Waals surface area contributed by atoms with Crippen LogP contribution in [0.5, 0.6) is 0 Å². The minimum absolute atomic E-state index is 0.0922. The van der Waals surface area contributed by atoms with E-state index in [0.717, 1.165) is 17.7 Å². The zero-order chi connectivity index (χ0) is 18.7. The normalized spacial score (nSPS) is 16.8. The molecule has 1 aliphatic rings. The Morgan fingerprint density at radius 2 is 1.92 bits per heavy atom. The number of nitrogens with zero attached hydrogens (tertiary/aromatic N) is 1. The van der Waals surface area contributed by atoms with Crippen molar-refractivity contribution >= 4 is 11.6 Å². The molecule has 0 fully saturated rings. The lowest BCUT2D eigenvalue weighted by molar-refractivity contribution is -0.138. The number of nitrogens with one attached hydrogen (secondary N) is 1. The van der Waals surface area contributed by atoms with Gasteiger partial charge in [0.15, 0.2) is 6.10 Å². The predicted octanol–water partition coefficient (Wildman–Crippen LogP) is 3.98. The Kier molecular flexibility index (Phi) is 4.92. The van der Waals surface area contributed by atoms with Gasteiger partial charge < -0.3 is 10.2 Å². The lowest BCUT2D eigenvalue weighted by atomic mass is 10.0. The van der Waals surface area contributed by atoms with Crippen LogP contribution >= 0.6 is 0 Å². The summed E-state index contributed by atoms with van der Waals surface area (Å²) in [6, 6.07) is 11.5. The molecule has 0 unspecified atom stereocenters. The van der Waals surface area contributed by atoms with Gasteiger partial charge in [0.05, 0.1) is 5.56 Å². The molecule has 2 aromatic rings. The summed E-state index contributed by atoms with van der Waals surface area (Å²) in [6.07, 6.45) is -4.91. The molecule has 4 nitrogen and oxygen atoms in total. The molecule has 0 radical (unpaired) electrons. The van der Waals surface area contributed by atoms with E-state index in [1.54, 1.807) is 0 Å². The molecule has 0 bridgehead atoms. The third kappa shape index (κ3) is 4.01. The highest BCUT2D eigenvalue weighted by Crippen LogP contribution is 2.32. The minimum atomic E-state index is -4.71.